The maximum atomic E-state index is 9.21. The van der Waals surface area contributed by atoms with Gasteiger partial charge in [-0.3, -0.25) is 18.7 Å². The van der Waals surface area contributed by atoms with Crippen LogP contribution in [0.5, 0.6) is 11.5 Å². The third-order valence-electron chi connectivity index (χ3n) is 9.46. The van der Waals surface area contributed by atoms with E-state index in [9.17, 15) is 5.48 Å². The predicted molar refractivity (Wildman–Crippen MR) is 225 cm³/mol. The van der Waals surface area contributed by atoms with E-state index in [1.54, 1.807) is 18.5 Å². The number of hydrogen-bond donors (Lipinski definition) is 0. The molecule has 0 amide bonds. The van der Waals surface area contributed by atoms with Crippen molar-refractivity contribution in [3.63, 3.8) is 0 Å². The summed E-state index contributed by atoms with van der Waals surface area (Å²) in [6.07, 6.45) is 5.32. The topological polar surface area (TPSA) is 48.8 Å². The molecule has 6 nitrogen and oxygen atoms in total. The summed E-state index contributed by atoms with van der Waals surface area (Å²) in [5, 5.41) is 2.23. The van der Waals surface area contributed by atoms with Crippen molar-refractivity contribution in [2.24, 2.45) is 10.8 Å². The Labute approximate surface area is 330 Å². The average Bonchev–Trinajstić information content (AvgIpc) is 3.73. The second kappa shape index (κ2) is 13.5. The molecule has 0 N–H and O–H groups in total. The van der Waals surface area contributed by atoms with Gasteiger partial charge >= 0.3 is 0 Å². The van der Waals surface area contributed by atoms with Crippen LogP contribution in [0.4, 0.5) is 0 Å². The van der Waals surface area contributed by atoms with Crippen molar-refractivity contribution >= 4 is 32.8 Å². The van der Waals surface area contributed by atoms with Gasteiger partial charge in [-0.1, -0.05) is 122 Å². The number of imidazole rings is 1. The normalized spacial score (nSPS) is 14.2. The summed E-state index contributed by atoms with van der Waals surface area (Å²) in [5.74, 6) is 2.03. The Balaban J connectivity index is 1.22. The highest BCUT2D eigenvalue weighted by atomic mass is 16.5. The fraction of sp³-hybridized carbons (Fsp3) is 0.286. The molecule has 0 spiro atoms. The van der Waals surface area contributed by atoms with E-state index in [-0.39, 0.29) is 5.41 Å². The van der Waals surface area contributed by atoms with E-state index in [0.29, 0.717) is 34.0 Å². The van der Waals surface area contributed by atoms with E-state index < -0.39 is 23.6 Å². The molecule has 4 heterocycles. The van der Waals surface area contributed by atoms with Crippen molar-refractivity contribution in [2.75, 3.05) is 0 Å². The molecule has 4 aromatic carbocycles. The summed E-state index contributed by atoms with van der Waals surface area (Å²) < 4.78 is 49.4. The molecule has 0 saturated heterocycles. The van der Waals surface area contributed by atoms with Gasteiger partial charge in [-0.15, -0.1) is 0 Å². The van der Waals surface area contributed by atoms with Crippen molar-refractivity contribution < 1.29 is 14.8 Å². The third-order valence-corrected chi connectivity index (χ3v) is 9.46. The zero-order valence-electron chi connectivity index (χ0n) is 37.2. The minimum Gasteiger partial charge on any atom is -0.456 e. The number of para-hydroxylation sites is 3. The molecule has 0 radical (unpaired) electrons. The lowest BCUT2D eigenvalue weighted by atomic mass is 9.84. The maximum absolute atomic E-state index is 9.21. The average molecular weight is 730 g/mol. The van der Waals surface area contributed by atoms with Crippen LogP contribution in [0.3, 0.4) is 0 Å². The third kappa shape index (κ3) is 7.51. The van der Waals surface area contributed by atoms with Crippen LogP contribution in [0.25, 0.3) is 50.0 Å². The van der Waals surface area contributed by atoms with Crippen LogP contribution < -0.4 is 9.30 Å². The Morgan fingerprint density at radius 1 is 0.673 bits per heavy atom. The Kier molecular flexibility index (Phi) is 7.77. The molecule has 0 bridgehead atoms. The summed E-state index contributed by atoms with van der Waals surface area (Å²) >= 11 is 0. The highest BCUT2D eigenvalue weighted by Gasteiger charge is 2.21. The van der Waals surface area contributed by atoms with Gasteiger partial charge in [-0.25, -0.2) is 4.98 Å². The van der Waals surface area contributed by atoms with Gasteiger partial charge in [-0.2, -0.15) is 0 Å². The predicted octanol–water partition coefficient (Wildman–Crippen LogP) is 11.9. The van der Waals surface area contributed by atoms with Gasteiger partial charge in [0.15, 0.2) is 0 Å². The van der Waals surface area contributed by atoms with E-state index in [1.165, 1.54) is 5.56 Å². The highest BCUT2D eigenvalue weighted by molar-refractivity contribution is 6.09. The van der Waals surface area contributed by atoms with Gasteiger partial charge in [0.1, 0.15) is 17.3 Å². The summed E-state index contributed by atoms with van der Waals surface area (Å²) in [6, 6.07) is 33.9. The van der Waals surface area contributed by atoms with Crippen LogP contribution >= 0.6 is 0 Å². The molecule has 0 aliphatic carbocycles. The Hall–Kier alpha value is -5.75. The van der Waals surface area contributed by atoms with Crippen LogP contribution in [-0.2, 0) is 18.2 Å². The molecule has 0 fully saturated rings. The quantitative estimate of drug-likeness (QED) is 0.121. The lowest BCUT2D eigenvalue weighted by Crippen LogP contribution is -2.30. The molecular weight excluding hydrogens is 675 g/mol. The minimum absolute atomic E-state index is 0.0401. The second-order valence-corrected chi connectivity index (χ2v) is 17.4. The lowest BCUT2D eigenvalue weighted by molar-refractivity contribution is -0.572. The van der Waals surface area contributed by atoms with Gasteiger partial charge < -0.3 is 4.74 Å². The van der Waals surface area contributed by atoms with E-state index in [1.807, 2.05) is 105 Å². The number of aromatic nitrogens is 5. The maximum Gasteiger partial charge on any atom is 0.269 e. The number of ether oxygens (including phenoxy) is 1. The molecule has 0 unspecified atom stereocenters. The van der Waals surface area contributed by atoms with Gasteiger partial charge in [0.2, 0.25) is 0 Å². The molecule has 0 atom stereocenters. The van der Waals surface area contributed by atoms with Gasteiger partial charge in [0, 0.05) is 34.7 Å². The number of hydrogen-bond acceptors (Lipinski definition) is 3. The number of fused-ring (bicyclic) bond motifs is 4. The SMILES string of the molecule is [2H]C([2H])(c1cc(-[n+]2[c-]n(-c3cncc(Oc4ccc5c6ccccc6n(-c6cc(C(C)(C)C)ccn6)c5c4)c3)c3ccccc32)cc(C([2H])([2H])C(C)(C)C)c1)C(C)(C)C. The van der Waals surface area contributed by atoms with Crippen molar-refractivity contribution in [3.8, 4) is 28.7 Å². The monoisotopic (exact) mass is 729 g/mol. The lowest BCUT2D eigenvalue weighted by Gasteiger charge is -2.22. The second-order valence-electron chi connectivity index (χ2n) is 17.4. The zero-order chi connectivity index (χ0) is 42.3. The fourth-order valence-electron chi connectivity index (χ4n) is 7.18. The van der Waals surface area contributed by atoms with E-state index >= 15 is 0 Å². The molecule has 8 aromatic rings. The van der Waals surface area contributed by atoms with Crippen molar-refractivity contribution in [1.82, 2.24) is 19.1 Å². The first-order chi connectivity index (χ1) is 27.6. The Bertz CT molecular complexity index is 2840. The molecule has 0 saturated carbocycles. The number of benzene rings is 4. The highest BCUT2D eigenvalue weighted by Crippen LogP contribution is 2.36. The van der Waals surface area contributed by atoms with Crippen LogP contribution in [-0.4, -0.2) is 19.1 Å². The molecule has 0 aliphatic rings. The molecule has 55 heavy (non-hydrogen) atoms. The smallest absolute Gasteiger partial charge is 0.269 e. The first-order valence-corrected chi connectivity index (χ1v) is 18.9. The van der Waals surface area contributed by atoms with Crippen molar-refractivity contribution in [2.45, 2.75) is 80.5 Å². The molecule has 278 valence electrons. The molecular formula is C49H51N5O. The number of rotatable bonds is 7. The van der Waals surface area contributed by atoms with Gasteiger partial charge in [0.05, 0.1) is 39.6 Å². The van der Waals surface area contributed by atoms with E-state index in [0.717, 1.165) is 38.7 Å². The molecule has 4 aromatic heterocycles. The standard InChI is InChI=1S/C49H51N5O/c1-47(2,3)28-33-22-34(29-48(4,5)6)24-36(23-33)52-32-53(44-17-13-12-16-43(44)52)37-26-39(31-50-30-37)55-38-18-19-41-40-14-10-11-15-42(40)54(45(41)27-38)46-25-35(20-21-51-46)49(7,8)9/h10-27,30-31H,28-29H2,1-9H3/i28D2,29D2. The first-order valence-electron chi connectivity index (χ1n) is 20.9. The van der Waals surface area contributed by atoms with Crippen LogP contribution in [0.15, 0.2) is 122 Å². The van der Waals surface area contributed by atoms with Crippen LogP contribution in [0, 0.1) is 17.2 Å². The molecule has 8 rings (SSSR count). The summed E-state index contributed by atoms with van der Waals surface area (Å²) in [4.78, 5) is 9.42. The summed E-state index contributed by atoms with van der Waals surface area (Å²) in [7, 11) is 0. The minimum atomic E-state index is -1.76. The largest absolute Gasteiger partial charge is 0.456 e. The zero-order valence-corrected chi connectivity index (χ0v) is 33.2. The first kappa shape index (κ1) is 31.6. The van der Waals surface area contributed by atoms with Crippen molar-refractivity contribution in [3.05, 3.63) is 145 Å². The Morgan fingerprint density at radius 3 is 2.05 bits per heavy atom. The van der Waals surface area contributed by atoms with Crippen LogP contribution in [0.1, 0.15) is 84.5 Å². The number of pyridine rings is 2. The molecule has 6 heteroatoms. The van der Waals surface area contributed by atoms with E-state index in [2.05, 4.69) is 85.2 Å². The van der Waals surface area contributed by atoms with E-state index in [4.69, 9.17) is 9.72 Å². The molecule has 0 aliphatic heterocycles. The van der Waals surface area contributed by atoms with Crippen LogP contribution in [0.2, 0.25) is 0 Å². The summed E-state index contributed by atoms with van der Waals surface area (Å²) in [6.45, 7) is 17.8. The Morgan fingerprint density at radius 2 is 1.35 bits per heavy atom. The van der Waals surface area contributed by atoms with Crippen molar-refractivity contribution in [1.29, 1.82) is 0 Å². The van der Waals surface area contributed by atoms with Gasteiger partial charge in [-0.05, 0) is 83.1 Å². The fourth-order valence-corrected chi connectivity index (χ4v) is 7.18. The summed E-state index contributed by atoms with van der Waals surface area (Å²) in [5.41, 5.74) is 5.50. The van der Waals surface area contributed by atoms with Gasteiger partial charge in [0.25, 0.3) is 6.33 Å². The number of nitrogens with zero attached hydrogens (tertiary/aromatic N) is 5.